The fourth-order valence-electron chi connectivity index (χ4n) is 1.85. The number of hydrogen-bond donors (Lipinski definition) is 1. The zero-order valence-electron chi connectivity index (χ0n) is 10.7. The lowest BCUT2D eigenvalue weighted by atomic mass is 10.1. The topological polar surface area (TPSA) is 42.0 Å². The van der Waals surface area contributed by atoms with Crippen LogP contribution in [0.1, 0.15) is 32.9 Å². The predicted octanol–water partition coefficient (Wildman–Crippen LogP) is 3.18. The van der Waals surface area contributed by atoms with E-state index in [1.54, 1.807) is 22.7 Å². The normalized spacial score (nSPS) is 12.4. The minimum absolute atomic E-state index is 0.0698. The summed E-state index contributed by atoms with van der Waals surface area (Å²) in [5, 5.41) is 8.10. The smallest absolute Gasteiger partial charge is 0.271 e. The summed E-state index contributed by atoms with van der Waals surface area (Å²) in [5.74, 6) is -0.0698. The number of carbonyl (C=O) groups is 1. The number of nitrogens with one attached hydrogen (secondary N) is 1. The van der Waals surface area contributed by atoms with E-state index in [9.17, 15) is 4.79 Å². The summed E-state index contributed by atoms with van der Waals surface area (Å²) >= 11 is 3.24. The first kappa shape index (κ1) is 13.2. The second-order valence-electron chi connectivity index (χ2n) is 4.35. The first-order chi connectivity index (χ1) is 8.56. The molecule has 1 amide bonds. The number of thiophene rings is 1. The molecule has 5 heteroatoms. The molecule has 0 saturated heterocycles. The summed E-state index contributed by atoms with van der Waals surface area (Å²) in [6.45, 7) is 5.87. The number of hydrogen-bond acceptors (Lipinski definition) is 4. The molecule has 2 aromatic rings. The van der Waals surface area contributed by atoms with Gasteiger partial charge in [0.15, 0.2) is 0 Å². The van der Waals surface area contributed by atoms with Crippen molar-refractivity contribution >= 4 is 28.6 Å². The lowest BCUT2D eigenvalue weighted by Gasteiger charge is -2.12. The van der Waals surface area contributed by atoms with E-state index in [4.69, 9.17) is 0 Å². The van der Waals surface area contributed by atoms with Crippen molar-refractivity contribution in [2.24, 2.45) is 0 Å². The monoisotopic (exact) mass is 280 g/mol. The van der Waals surface area contributed by atoms with Crippen molar-refractivity contribution < 1.29 is 4.79 Å². The van der Waals surface area contributed by atoms with Gasteiger partial charge < -0.3 is 5.32 Å². The zero-order valence-corrected chi connectivity index (χ0v) is 12.3. The van der Waals surface area contributed by atoms with Crippen molar-refractivity contribution in [1.82, 2.24) is 10.3 Å². The van der Waals surface area contributed by atoms with Gasteiger partial charge in [0.1, 0.15) is 5.69 Å². The Kier molecular flexibility index (Phi) is 4.14. The molecule has 3 nitrogen and oxygen atoms in total. The molecule has 0 spiro atoms. The Morgan fingerprint density at radius 3 is 2.83 bits per heavy atom. The molecule has 0 aliphatic rings. The standard InChI is InChI=1S/C13H16N2OS2/c1-8(6-11-4-5-17-7-11)14-13(16)12-9(2)18-10(3)15-12/h4-5,7-8H,6H2,1-3H3,(H,14,16)/t8-/m1/s1. The summed E-state index contributed by atoms with van der Waals surface area (Å²) in [6, 6.07) is 2.21. The van der Waals surface area contributed by atoms with Gasteiger partial charge in [-0.2, -0.15) is 11.3 Å². The Morgan fingerprint density at radius 1 is 1.50 bits per heavy atom. The number of carbonyl (C=O) groups excluding carboxylic acids is 1. The van der Waals surface area contributed by atoms with Gasteiger partial charge in [0.05, 0.1) is 5.01 Å². The molecule has 0 aliphatic carbocycles. The first-order valence-electron chi connectivity index (χ1n) is 5.82. The predicted molar refractivity (Wildman–Crippen MR) is 76.5 cm³/mol. The molecule has 0 radical (unpaired) electrons. The van der Waals surface area contributed by atoms with Gasteiger partial charge in [-0.15, -0.1) is 11.3 Å². The average molecular weight is 280 g/mol. The molecule has 18 heavy (non-hydrogen) atoms. The average Bonchev–Trinajstić information content (AvgIpc) is 2.88. The van der Waals surface area contributed by atoms with E-state index >= 15 is 0 Å². The zero-order chi connectivity index (χ0) is 13.1. The Bertz CT molecular complexity index is 531. The highest BCUT2D eigenvalue weighted by atomic mass is 32.1. The minimum Gasteiger partial charge on any atom is -0.348 e. The van der Waals surface area contributed by atoms with Gasteiger partial charge in [-0.25, -0.2) is 4.98 Å². The van der Waals surface area contributed by atoms with Crippen LogP contribution < -0.4 is 5.32 Å². The number of nitrogens with zero attached hydrogens (tertiary/aromatic N) is 1. The molecular formula is C13H16N2OS2. The van der Waals surface area contributed by atoms with Crippen molar-refractivity contribution in [1.29, 1.82) is 0 Å². The van der Waals surface area contributed by atoms with E-state index < -0.39 is 0 Å². The molecule has 2 aromatic heterocycles. The van der Waals surface area contributed by atoms with Crippen molar-refractivity contribution in [3.63, 3.8) is 0 Å². The molecule has 96 valence electrons. The Balaban J connectivity index is 1.97. The lowest BCUT2D eigenvalue weighted by molar-refractivity contribution is 0.0935. The Labute approximate surface area is 115 Å². The van der Waals surface area contributed by atoms with E-state index in [-0.39, 0.29) is 11.9 Å². The quantitative estimate of drug-likeness (QED) is 0.934. The molecular weight excluding hydrogens is 264 g/mol. The summed E-state index contributed by atoms with van der Waals surface area (Å²) < 4.78 is 0. The van der Waals surface area contributed by atoms with E-state index in [0.29, 0.717) is 5.69 Å². The minimum atomic E-state index is -0.0698. The molecule has 0 aliphatic heterocycles. The van der Waals surface area contributed by atoms with E-state index in [1.807, 2.05) is 20.8 Å². The van der Waals surface area contributed by atoms with Crippen LogP contribution in [0.25, 0.3) is 0 Å². The number of rotatable bonds is 4. The molecule has 2 rings (SSSR count). The van der Waals surface area contributed by atoms with Crippen molar-refractivity contribution in [3.8, 4) is 0 Å². The first-order valence-corrected chi connectivity index (χ1v) is 7.58. The molecule has 0 saturated carbocycles. The molecule has 0 unspecified atom stereocenters. The summed E-state index contributed by atoms with van der Waals surface area (Å²) in [6.07, 6.45) is 0.859. The number of thiazole rings is 1. The number of aromatic nitrogens is 1. The molecule has 0 bridgehead atoms. The Morgan fingerprint density at radius 2 is 2.28 bits per heavy atom. The number of amides is 1. The van der Waals surface area contributed by atoms with Gasteiger partial charge >= 0.3 is 0 Å². The van der Waals surface area contributed by atoms with Crippen LogP contribution in [-0.4, -0.2) is 16.9 Å². The van der Waals surface area contributed by atoms with E-state index in [2.05, 4.69) is 27.1 Å². The fourth-order valence-corrected chi connectivity index (χ4v) is 3.34. The van der Waals surface area contributed by atoms with Gasteiger partial charge in [0, 0.05) is 10.9 Å². The van der Waals surface area contributed by atoms with Crippen molar-refractivity contribution in [2.75, 3.05) is 0 Å². The highest BCUT2D eigenvalue weighted by molar-refractivity contribution is 7.11. The summed E-state index contributed by atoms with van der Waals surface area (Å²) in [7, 11) is 0. The second-order valence-corrected chi connectivity index (χ2v) is 6.54. The van der Waals surface area contributed by atoms with Crippen LogP contribution in [0.2, 0.25) is 0 Å². The highest BCUT2D eigenvalue weighted by Crippen LogP contribution is 2.16. The van der Waals surface area contributed by atoms with Crippen LogP contribution in [0.5, 0.6) is 0 Å². The van der Waals surface area contributed by atoms with Gasteiger partial charge in [-0.05, 0) is 49.6 Å². The van der Waals surface area contributed by atoms with E-state index in [0.717, 1.165) is 16.3 Å². The van der Waals surface area contributed by atoms with Crippen LogP contribution in [0.15, 0.2) is 16.8 Å². The largest absolute Gasteiger partial charge is 0.348 e. The third-order valence-corrected chi connectivity index (χ3v) is 4.24. The second kappa shape index (κ2) is 5.63. The van der Waals surface area contributed by atoms with E-state index in [1.165, 1.54) is 5.56 Å². The van der Waals surface area contributed by atoms with Gasteiger partial charge in [0.2, 0.25) is 0 Å². The number of aryl methyl sites for hydroxylation is 2. The fraction of sp³-hybridized carbons (Fsp3) is 0.385. The maximum absolute atomic E-state index is 12.1. The SMILES string of the molecule is Cc1nc(C(=O)N[C@H](C)Cc2ccsc2)c(C)s1. The third-order valence-electron chi connectivity index (χ3n) is 2.62. The van der Waals surface area contributed by atoms with Crippen LogP contribution in [0.4, 0.5) is 0 Å². The van der Waals surface area contributed by atoms with Crippen LogP contribution in [0, 0.1) is 13.8 Å². The molecule has 2 heterocycles. The van der Waals surface area contributed by atoms with Gasteiger partial charge in [-0.1, -0.05) is 0 Å². The molecule has 0 fully saturated rings. The Hall–Kier alpha value is -1.20. The summed E-state index contributed by atoms with van der Waals surface area (Å²) in [5.41, 5.74) is 1.83. The van der Waals surface area contributed by atoms with Crippen LogP contribution in [0.3, 0.4) is 0 Å². The maximum Gasteiger partial charge on any atom is 0.271 e. The van der Waals surface area contributed by atoms with Gasteiger partial charge in [0.25, 0.3) is 5.91 Å². The van der Waals surface area contributed by atoms with Crippen LogP contribution >= 0.6 is 22.7 Å². The van der Waals surface area contributed by atoms with Crippen molar-refractivity contribution in [3.05, 3.63) is 38.0 Å². The third kappa shape index (κ3) is 3.17. The van der Waals surface area contributed by atoms with Crippen molar-refractivity contribution in [2.45, 2.75) is 33.2 Å². The molecule has 0 aromatic carbocycles. The highest BCUT2D eigenvalue weighted by Gasteiger charge is 2.16. The summed E-state index contributed by atoms with van der Waals surface area (Å²) in [4.78, 5) is 17.3. The molecule has 1 N–H and O–H groups in total. The lowest BCUT2D eigenvalue weighted by Crippen LogP contribution is -2.34. The maximum atomic E-state index is 12.1. The van der Waals surface area contributed by atoms with Gasteiger partial charge in [-0.3, -0.25) is 4.79 Å². The molecule has 1 atom stereocenters. The van der Waals surface area contributed by atoms with Crippen LogP contribution in [-0.2, 0) is 6.42 Å².